The van der Waals surface area contributed by atoms with Crippen LogP contribution in [0.15, 0.2) is 65.7 Å². The highest BCUT2D eigenvalue weighted by molar-refractivity contribution is 7.14. The standard InChI is InChI=1S/C21H15N3O6S/c1-30-15-8-4-12(5-9-15)17-16(18(25)13-2-6-14(7-3-13)24(28)29)19(26)20(27)23(17)21-22-10-11-31-21/h2-11,17,25H,1H3/b18-16-. The van der Waals surface area contributed by atoms with Crippen molar-refractivity contribution in [1.29, 1.82) is 0 Å². The van der Waals surface area contributed by atoms with E-state index in [0.717, 1.165) is 0 Å². The van der Waals surface area contributed by atoms with Gasteiger partial charge in [0.05, 0.1) is 23.6 Å². The summed E-state index contributed by atoms with van der Waals surface area (Å²) in [6.45, 7) is 0. The Kier molecular flexibility index (Phi) is 5.22. The SMILES string of the molecule is COc1ccc(C2/C(=C(/O)c3ccc([N+](=O)[O-])cc3)C(=O)C(=O)N2c2nccs2)cc1. The second kappa shape index (κ2) is 8.00. The van der Waals surface area contributed by atoms with E-state index in [1.54, 1.807) is 29.6 Å². The number of carbonyl (C=O) groups is 2. The van der Waals surface area contributed by atoms with E-state index in [1.807, 2.05) is 0 Å². The Labute approximate surface area is 180 Å². The van der Waals surface area contributed by atoms with E-state index < -0.39 is 28.4 Å². The molecule has 3 aromatic rings. The van der Waals surface area contributed by atoms with Crippen LogP contribution >= 0.6 is 11.3 Å². The van der Waals surface area contributed by atoms with Gasteiger partial charge in [0.1, 0.15) is 11.5 Å². The van der Waals surface area contributed by atoms with Crippen LogP contribution in [0.4, 0.5) is 10.8 Å². The molecule has 156 valence electrons. The van der Waals surface area contributed by atoms with Gasteiger partial charge < -0.3 is 9.84 Å². The zero-order valence-corrected chi connectivity index (χ0v) is 16.9. The summed E-state index contributed by atoms with van der Waals surface area (Å²) in [5.74, 6) is -1.52. The van der Waals surface area contributed by atoms with Crippen molar-refractivity contribution in [3.05, 3.63) is 86.9 Å². The van der Waals surface area contributed by atoms with E-state index in [2.05, 4.69) is 4.98 Å². The highest BCUT2D eigenvalue weighted by Gasteiger charge is 2.48. The number of anilines is 1. The molecule has 0 aliphatic carbocycles. The molecule has 4 rings (SSSR count). The third kappa shape index (κ3) is 3.53. The summed E-state index contributed by atoms with van der Waals surface area (Å²) in [5, 5.41) is 23.8. The van der Waals surface area contributed by atoms with Crippen molar-refractivity contribution in [2.75, 3.05) is 12.0 Å². The maximum atomic E-state index is 12.9. The average molecular weight is 437 g/mol. The summed E-state index contributed by atoms with van der Waals surface area (Å²) in [5.41, 5.74) is 0.464. The van der Waals surface area contributed by atoms with Gasteiger partial charge in [-0.2, -0.15) is 0 Å². The van der Waals surface area contributed by atoms with E-state index in [1.165, 1.54) is 53.8 Å². The quantitative estimate of drug-likeness (QED) is 0.212. The molecule has 0 radical (unpaired) electrons. The molecule has 9 nitrogen and oxygen atoms in total. The van der Waals surface area contributed by atoms with Crippen LogP contribution in [0.3, 0.4) is 0 Å². The molecule has 1 aliphatic rings. The highest BCUT2D eigenvalue weighted by atomic mass is 32.1. The number of carbonyl (C=O) groups excluding carboxylic acids is 2. The number of hydrogen-bond donors (Lipinski definition) is 1. The third-order valence-corrected chi connectivity index (χ3v) is 5.62. The Morgan fingerprint density at radius 2 is 1.84 bits per heavy atom. The zero-order chi connectivity index (χ0) is 22.1. The number of ether oxygens (including phenoxy) is 1. The van der Waals surface area contributed by atoms with Crippen LogP contribution in [0.5, 0.6) is 5.75 Å². The van der Waals surface area contributed by atoms with Crippen molar-refractivity contribution in [3.8, 4) is 5.75 Å². The Hall–Kier alpha value is -4.05. The fourth-order valence-corrected chi connectivity index (χ4v) is 4.03. The molecule has 10 heteroatoms. The Morgan fingerprint density at radius 1 is 1.16 bits per heavy atom. The number of hydrogen-bond acceptors (Lipinski definition) is 8. The number of rotatable bonds is 5. The molecule has 0 bridgehead atoms. The van der Waals surface area contributed by atoms with Crippen molar-refractivity contribution in [2.24, 2.45) is 0 Å². The number of amides is 1. The number of non-ortho nitro benzene ring substituents is 1. The molecule has 2 aromatic carbocycles. The lowest BCUT2D eigenvalue weighted by Crippen LogP contribution is -2.29. The number of ketones is 1. The number of nitro groups is 1. The molecule has 1 atom stereocenters. The van der Waals surface area contributed by atoms with Crippen molar-refractivity contribution in [3.63, 3.8) is 0 Å². The van der Waals surface area contributed by atoms with Crippen LogP contribution in [0.2, 0.25) is 0 Å². The number of aliphatic hydroxyl groups is 1. The smallest absolute Gasteiger partial charge is 0.301 e. The summed E-state index contributed by atoms with van der Waals surface area (Å²) in [7, 11) is 1.52. The number of nitrogens with zero attached hydrogens (tertiary/aromatic N) is 3. The van der Waals surface area contributed by atoms with Crippen molar-refractivity contribution < 1.29 is 24.4 Å². The molecule has 0 spiro atoms. The summed E-state index contributed by atoms with van der Waals surface area (Å²) >= 11 is 1.18. The van der Waals surface area contributed by atoms with Gasteiger partial charge in [0.15, 0.2) is 5.13 Å². The number of benzene rings is 2. The van der Waals surface area contributed by atoms with Crippen LogP contribution in [0, 0.1) is 10.1 Å². The van der Waals surface area contributed by atoms with Gasteiger partial charge in [-0.1, -0.05) is 12.1 Å². The summed E-state index contributed by atoms with van der Waals surface area (Å²) in [4.78, 5) is 41.6. The molecule has 1 saturated heterocycles. The van der Waals surface area contributed by atoms with Crippen LogP contribution in [0.25, 0.3) is 5.76 Å². The first kappa shape index (κ1) is 20.2. The van der Waals surface area contributed by atoms with E-state index in [0.29, 0.717) is 16.4 Å². The molecule has 1 fully saturated rings. The summed E-state index contributed by atoms with van der Waals surface area (Å²) in [6.07, 6.45) is 1.51. The largest absolute Gasteiger partial charge is 0.507 e. The Morgan fingerprint density at radius 3 is 2.39 bits per heavy atom. The lowest BCUT2D eigenvalue weighted by molar-refractivity contribution is -0.384. The maximum Gasteiger partial charge on any atom is 0.301 e. The van der Waals surface area contributed by atoms with Gasteiger partial charge in [0, 0.05) is 29.3 Å². The monoisotopic (exact) mass is 437 g/mol. The molecule has 1 aromatic heterocycles. The molecular formula is C21H15N3O6S. The van der Waals surface area contributed by atoms with Gasteiger partial charge in [-0.15, -0.1) is 11.3 Å². The van der Waals surface area contributed by atoms with Gasteiger partial charge >= 0.3 is 5.91 Å². The van der Waals surface area contributed by atoms with Gasteiger partial charge in [-0.25, -0.2) is 4.98 Å². The number of nitro benzene ring substituents is 1. The second-order valence-electron chi connectivity index (χ2n) is 6.56. The van der Waals surface area contributed by atoms with Crippen molar-refractivity contribution >= 4 is 39.6 Å². The second-order valence-corrected chi connectivity index (χ2v) is 7.43. The Balaban J connectivity index is 1.88. The predicted octanol–water partition coefficient (Wildman–Crippen LogP) is 3.69. The fraction of sp³-hybridized carbons (Fsp3) is 0.0952. The molecule has 31 heavy (non-hydrogen) atoms. The minimum Gasteiger partial charge on any atom is -0.507 e. The first-order chi connectivity index (χ1) is 14.9. The van der Waals surface area contributed by atoms with E-state index in [-0.39, 0.29) is 16.8 Å². The zero-order valence-electron chi connectivity index (χ0n) is 16.1. The molecule has 1 N–H and O–H groups in total. The van der Waals surface area contributed by atoms with E-state index >= 15 is 0 Å². The number of Topliss-reactive ketones (excluding diaryl/α,β-unsaturated/α-hetero) is 1. The lowest BCUT2D eigenvalue weighted by atomic mass is 9.95. The number of methoxy groups -OCH3 is 1. The van der Waals surface area contributed by atoms with Gasteiger partial charge in [0.25, 0.3) is 11.5 Å². The van der Waals surface area contributed by atoms with Crippen LogP contribution in [-0.2, 0) is 9.59 Å². The fourth-order valence-electron chi connectivity index (χ4n) is 3.36. The molecular weight excluding hydrogens is 422 g/mol. The normalized spacial score (nSPS) is 17.7. The first-order valence-corrected chi connectivity index (χ1v) is 9.89. The van der Waals surface area contributed by atoms with E-state index in [4.69, 9.17) is 4.74 Å². The van der Waals surface area contributed by atoms with Gasteiger partial charge in [0.2, 0.25) is 0 Å². The van der Waals surface area contributed by atoms with Crippen LogP contribution in [-0.4, -0.2) is 33.8 Å². The molecule has 1 aliphatic heterocycles. The van der Waals surface area contributed by atoms with Crippen LogP contribution < -0.4 is 9.64 Å². The number of aliphatic hydroxyl groups excluding tert-OH is 1. The van der Waals surface area contributed by atoms with Crippen LogP contribution in [0.1, 0.15) is 17.2 Å². The molecule has 0 saturated carbocycles. The first-order valence-electron chi connectivity index (χ1n) is 9.01. The van der Waals surface area contributed by atoms with Crippen molar-refractivity contribution in [2.45, 2.75) is 6.04 Å². The summed E-state index contributed by atoms with van der Waals surface area (Å²) < 4.78 is 5.17. The highest BCUT2D eigenvalue weighted by Crippen LogP contribution is 2.43. The van der Waals surface area contributed by atoms with E-state index in [9.17, 15) is 24.8 Å². The molecule has 1 amide bonds. The maximum absolute atomic E-state index is 12.9. The minimum atomic E-state index is -0.924. The predicted molar refractivity (Wildman–Crippen MR) is 113 cm³/mol. The van der Waals surface area contributed by atoms with Gasteiger partial charge in [-0.3, -0.25) is 24.6 Å². The topological polar surface area (TPSA) is 123 Å². The minimum absolute atomic E-state index is 0.126. The molecule has 1 unspecified atom stereocenters. The Bertz CT molecular complexity index is 1190. The third-order valence-electron chi connectivity index (χ3n) is 4.85. The van der Waals surface area contributed by atoms with Crippen molar-refractivity contribution in [1.82, 2.24) is 4.98 Å². The summed E-state index contributed by atoms with van der Waals surface area (Å²) in [6, 6.07) is 10.9. The lowest BCUT2D eigenvalue weighted by Gasteiger charge is -2.23. The van der Waals surface area contributed by atoms with Gasteiger partial charge in [-0.05, 0) is 29.8 Å². The average Bonchev–Trinajstić information content (AvgIpc) is 3.40. The number of thiazole rings is 1. The molecule has 2 heterocycles. The number of aromatic nitrogens is 1.